The molecule has 0 unspecified atom stereocenters. The third kappa shape index (κ3) is 3.73. The van der Waals surface area contributed by atoms with E-state index >= 15 is 0 Å². The van der Waals surface area contributed by atoms with Crippen molar-refractivity contribution in [3.63, 3.8) is 0 Å². The van der Waals surface area contributed by atoms with Crippen LogP contribution in [0.3, 0.4) is 0 Å². The van der Waals surface area contributed by atoms with E-state index in [1.165, 1.54) is 0 Å². The Kier molecular flexibility index (Phi) is 4.97. The van der Waals surface area contributed by atoms with Gasteiger partial charge in [0.1, 0.15) is 11.5 Å². The number of rotatable bonds is 5. The molecule has 2 aromatic rings. The maximum Gasteiger partial charge on any atom is 0.219 e. The Morgan fingerprint density at radius 1 is 1.48 bits per heavy atom. The summed E-state index contributed by atoms with van der Waals surface area (Å²) in [5, 5.41) is 19.4. The highest BCUT2D eigenvalue weighted by Crippen LogP contribution is 2.27. The number of hydrogen-bond acceptors (Lipinski definition) is 5. The van der Waals surface area contributed by atoms with Gasteiger partial charge in [-0.1, -0.05) is 6.07 Å². The summed E-state index contributed by atoms with van der Waals surface area (Å²) < 4.78 is 1.83. The van der Waals surface area contributed by atoms with E-state index in [2.05, 4.69) is 10.4 Å². The smallest absolute Gasteiger partial charge is 0.219 e. The summed E-state index contributed by atoms with van der Waals surface area (Å²) in [4.78, 5) is 14.4. The summed E-state index contributed by atoms with van der Waals surface area (Å²) in [6, 6.07) is 6.43. The highest BCUT2D eigenvalue weighted by Gasteiger charge is 2.22. The number of hydrogen-bond donors (Lipinski definition) is 2. The summed E-state index contributed by atoms with van der Waals surface area (Å²) in [5.41, 5.74) is 0.928. The molecule has 0 aliphatic carbocycles. The van der Waals surface area contributed by atoms with Gasteiger partial charge in [0, 0.05) is 32.1 Å². The highest BCUT2D eigenvalue weighted by atomic mass is 32.1. The van der Waals surface area contributed by atoms with Crippen LogP contribution in [0.4, 0.5) is 5.82 Å². The number of anilines is 1. The topological polar surface area (TPSA) is 70.4 Å². The summed E-state index contributed by atoms with van der Waals surface area (Å²) in [6.45, 7) is 3.73. The minimum atomic E-state index is 0.0586. The fourth-order valence-corrected chi connectivity index (χ4v) is 3.57. The minimum absolute atomic E-state index is 0.0586. The van der Waals surface area contributed by atoms with Crippen LogP contribution in [-0.4, -0.2) is 51.4 Å². The monoisotopic (exact) mass is 334 g/mol. The molecule has 1 aliphatic rings. The van der Waals surface area contributed by atoms with Gasteiger partial charge in [-0.25, -0.2) is 4.68 Å². The van der Waals surface area contributed by atoms with Crippen LogP contribution in [0, 0.1) is 0 Å². The molecule has 0 aromatic carbocycles. The van der Waals surface area contributed by atoms with E-state index in [1.807, 2.05) is 33.2 Å². The van der Waals surface area contributed by atoms with Crippen LogP contribution in [0.2, 0.25) is 0 Å². The SMILES string of the molecule is CC(=O)N1CCC(Nc2cc(-c3cccs3)nn2CCO)CC1. The van der Waals surface area contributed by atoms with Crippen LogP contribution in [-0.2, 0) is 11.3 Å². The number of piperidine rings is 1. The van der Waals surface area contributed by atoms with Crippen LogP contribution >= 0.6 is 11.3 Å². The van der Waals surface area contributed by atoms with Gasteiger partial charge in [-0.15, -0.1) is 11.3 Å². The van der Waals surface area contributed by atoms with Crippen molar-refractivity contribution >= 4 is 23.1 Å². The van der Waals surface area contributed by atoms with Gasteiger partial charge in [-0.3, -0.25) is 4.79 Å². The molecule has 2 N–H and O–H groups in total. The maximum absolute atomic E-state index is 11.4. The van der Waals surface area contributed by atoms with Crippen molar-refractivity contribution in [3.05, 3.63) is 23.6 Å². The normalized spacial score (nSPS) is 15.8. The van der Waals surface area contributed by atoms with E-state index < -0.39 is 0 Å². The molecule has 0 atom stereocenters. The highest BCUT2D eigenvalue weighted by molar-refractivity contribution is 7.13. The van der Waals surface area contributed by atoms with Gasteiger partial charge in [0.15, 0.2) is 0 Å². The molecular weight excluding hydrogens is 312 g/mol. The predicted octanol–water partition coefficient (Wildman–Crippen LogP) is 2.03. The summed E-state index contributed by atoms with van der Waals surface area (Å²) in [7, 11) is 0. The second-order valence-corrected chi connectivity index (χ2v) is 6.71. The van der Waals surface area contributed by atoms with Gasteiger partial charge >= 0.3 is 0 Å². The maximum atomic E-state index is 11.4. The Bertz CT molecular complexity index is 645. The fourth-order valence-electron chi connectivity index (χ4n) is 2.89. The summed E-state index contributed by atoms with van der Waals surface area (Å²) >= 11 is 1.66. The Balaban J connectivity index is 1.70. The Labute approximate surface area is 139 Å². The van der Waals surface area contributed by atoms with Crippen molar-refractivity contribution in [2.75, 3.05) is 25.0 Å². The quantitative estimate of drug-likeness (QED) is 0.878. The molecule has 0 bridgehead atoms. The van der Waals surface area contributed by atoms with Crippen LogP contribution in [0.25, 0.3) is 10.6 Å². The number of likely N-dealkylation sites (tertiary alicyclic amines) is 1. The van der Waals surface area contributed by atoms with Gasteiger partial charge in [-0.05, 0) is 24.3 Å². The van der Waals surface area contributed by atoms with E-state index in [-0.39, 0.29) is 12.5 Å². The second kappa shape index (κ2) is 7.14. The van der Waals surface area contributed by atoms with Crippen LogP contribution in [0.1, 0.15) is 19.8 Å². The molecule has 2 aromatic heterocycles. The van der Waals surface area contributed by atoms with Crippen molar-refractivity contribution in [2.45, 2.75) is 32.4 Å². The lowest BCUT2D eigenvalue weighted by atomic mass is 10.1. The first-order valence-corrected chi connectivity index (χ1v) is 8.80. The molecule has 1 aliphatic heterocycles. The Morgan fingerprint density at radius 2 is 2.26 bits per heavy atom. The Morgan fingerprint density at radius 3 is 2.87 bits per heavy atom. The molecule has 3 rings (SSSR count). The number of amides is 1. The Hall–Kier alpha value is -1.86. The lowest BCUT2D eigenvalue weighted by molar-refractivity contribution is -0.129. The first kappa shape index (κ1) is 16.0. The molecular formula is C16H22N4O2S. The van der Waals surface area contributed by atoms with E-state index in [9.17, 15) is 9.90 Å². The number of aliphatic hydroxyl groups excluding tert-OH is 1. The number of aliphatic hydroxyl groups is 1. The van der Waals surface area contributed by atoms with Gasteiger partial charge in [-0.2, -0.15) is 5.10 Å². The van der Waals surface area contributed by atoms with Crippen molar-refractivity contribution in [3.8, 4) is 10.6 Å². The number of nitrogens with zero attached hydrogens (tertiary/aromatic N) is 3. The van der Waals surface area contributed by atoms with Gasteiger partial charge in [0.05, 0.1) is 18.0 Å². The van der Waals surface area contributed by atoms with Crippen molar-refractivity contribution < 1.29 is 9.90 Å². The number of aromatic nitrogens is 2. The molecule has 124 valence electrons. The molecule has 0 saturated carbocycles. The molecule has 6 nitrogen and oxygen atoms in total. The molecule has 1 amide bonds. The molecule has 0 radical (unpaired) electrons. The first-order chi connectivity index (χ1) is 11.2. The van der Waals surface area contributed by atoms with E-state index in [4.69, 9.17) is 0 Å². The zero-order chi connectivity index (χ0) is 16.2. The van der Waals surface area contributed by atoms with Gasteiger partial charge < -0.3 is 15.3 Å². The first-order valence-electron chi connectivity index (χ1n) is 7.92. The summed E-state index contributed by atoms with van der Waals surface area (Å²) in [6.07, 6.45) is 1.86. The molecule has 0 spiro atoms. The third-order valence-electron chi connectivity index (χ3n) is 4.16. The lowest BCUT2D eigenvalue weighted by Crippen LogP contribution is -2.41. The number of carbonyl (C=O) groups excluding carboxylic acids is 1. The molecule has 3 heterocycles. The average Bonchev–Trinajstić information content (AvgIpc) is 3.18. The molecule has 1 fully saturated rings. The van der Waals surface area contributed by atoms with Crippen molar-refractivity contribution in [2.24, 2.45) is 0 Å². The number of nitrogens with one attached hydrogen (secondary N) is 1. The van der Waals surface area contributed by atoms with Crippen LogP contribution < -0.4 is 5.32 Å². The molecule has 23 heavy (non-hydrogen) atoms. The lowest BCUT2D eigenvalue weighted by Gasteiger charge is -2.32. The van der Waals surface area contributed by atoms with Gasteiger partial charge in [0.2, 0.25) is 5.91 Å². The van der Waals surface area contributed by atoms with E-state index in [1.54, 1.807) is 18.3 Å². The number of carbonyl (C=O) groups is 1. The van der Waals surface area contributed by atoms with Crippen LogP contribution in [0.5, 0.6) is 0 Å². The summed E-state index contributed by atoms with van der Waals surface area (Å²) in [5.74, 6) is 1.08. The van der Waals surface area contributed by atoms with Gasteiger partial charge in [0.25, 0.3) is 0 Å². The average molecular weight is 334 g/mol. The zero-order valence-electron chi connectivity index (χ0n) is 13.2. The van der Waals surface area contributed by atoms with Crippen LogP contribution in [0.15, 0.2) is 23.6 Å². The van der Waals surface area contributed by atoms with E-state index in [0.717, 1.165) is 42.3 Å². The minimum Gasteiger partial charge on any atom is -0.394 e. The molecule has 7 heteroatoms. The predicted molar refractivity (Wildman–Crippen MR) is 91.5 cm³/mol. The largest absolute Gasteiger partial charge is 0.394 e. The second-order valence-electron chi connectivity index (χ2n) is 5.76. The molecule has 1 saturated heterocycles. The third-order valence-corrected chi connectivity index (χ3v) is 5.05. The number of thiophene rings is 1. The van der Waals surface area contributed by atoms with Crippen molar-refractivity contribution in [1.29, 1.82) is 0 Å². The van der Waals surface area contributed by atoms with E-state index in [0.29, 0.717) is 12.6 Å². The van der Waals surface area contributed by atoms with Crippen molar-refractivity contribution in [1.82, 2.24) is 14.7 Å². The fraction of sp³-hybridized carbons (Fsp3) is 0.500. The standard InChI is InChI=1S/C16H22N4O2S/c1-12(22)19-6-4-13(5-7-19)17-16-11-14(15-3-2-10-23-15)18-20(16)8-9-21/h2-3,10-11,13,17,21H,4-9H2,1H3. The zero-order valence-corrected chi connectivity index (χ0v) is 14.1.